The van der Waals surface area contributed by atoms with Gasteiger partial charge in [0, 0.05) is 5.69 Å². The summed E-state index contributed by atoms with van der Waals surface area (Å²) in [7, 11) is 0. The van der Waals surface area contributed by atoms with E-state index in [1.807, 2.05) is 19.1 Å². The molecule has 6 heteroatoms. The molecule has 0 saturated carbocycles. The van der Waals surface area contributed by atoms with Gasteiger partial charge < -0.3 is 15.4 Å². The van der Waals surface area contributed by atoms with Crippen LogP contribution in [0.3, 0.4) is 0 Å². The SMILES string of the molecule is CC(C)Cc1ccc(N2C[C@@H](C)Oc3ncnc(N)c3C2=O)cc1. The van der Waals surface area contributed by atoms with Crippen molar-refractivity contribution in [3.05, 3.63) is 41.7 Å². The Bertz CT molecular complexity index is 743. The molecule has 126 valence electrons. The fourth-order valence-corrected chi connectivity index (χ4v) is 2.88. The van der Waals surface area contributed by atoms with Crippen LogP contribution in [0.15, 0.2) is 30.6 Å². The molecule has 0 radical (unpaired) electrons. The summed E-state index contributed by atoms with van der Waals surface area (Å²) in [4.78, 5) is 22.6. The summed E-state index contributed by atoms with van der Waals surface area (Å²) in [6.07, 6.45) is 2.13. The van der Waals surface area contributed by atoms with E-state index in [2.05, 4.69) is 35.9 Å². The molecule has 2 aromatic rings. The maximum atomic E-state index is 13.0. The van der Waals surface area contributed by atoms with Crippen molar-refractivity contribution in [2.75, 3.05) is 17.2 Å². The highest BCUT2D eigenvalue weighted by atomic mass is 16.5. The van der Waals surface area contributed by atoms with Gasteiger partial charge in [-0.05, 0) is 37.0 Å². The van der Waals surface area contributed by atoms with Crippen LogP contribution in [0.5, 0.6) is 5.88 Å². The van der Waals surface area contributed by atoms with Crippen molar-refractivity contribution in [3.63, 3.8) is 0 Å². The molecule has 2 heterocycles. The number of anilines is 2. The first kappa shape index (κ1) is 16.2. The molecule has 1 aromatic heterocycles. The first-order valence-electron chi connectivity index (χ1n) is 8.13. The van der Waals surface area contributed by atoms with Gasteiger partial charge in [-0.3, -0.25) is 4.79 Å². The van der Waals surface area contributed by atoms with Gasteiger partial charge in [0.05, 0.1) is 6.54 Å². The third-order valence-corrected chi connectivity index (χ3v) is 3.95. The number of hydrogen-bond donors (Lipinski definition) is 1. The van der Waals surface area contributed by atoms with Gasteiger partial charge in [0.15, 0.2) is 0 Å². The number of carbonyl (C=O) groups excluding carboxylic acids is 1. The van der Waals surface area contributed by atoms with Crippen LogP contribution in [-0.4, -0.2) is 28.5 Å². The van der Waals surface area contributed by atoms with Gasteiger partial charge in [0.1, 0.15) is 23.8 Å². The second-order valence-corrected chi connectivity index (χ2v) is 6.55. The van der Waals surface area contributed by atoms with E-state index in [0.29, 0.717) is 12.5 Å². The van der Waals surface area contributed by atoms with Crippen molar-refractivity contribution in [2.24, 2.45) is 5.92 Å². The van der Waals surface area contributed by atoms with Gasteiger partial charge in [0.25, 0.3) is 5.91 Å². The molecule has 1 atom stereocenters. The van der Waals surface area contributed by atoms with Gasteiger partial charge >= 0.3 is 0 Å². The summed E-state index contributed by atoms with van der Waals surface area (Å²) < 4.78 is 5.74. The number of fused-ring (bicyclic) bond motifs is 1. The van der Waals surface area contributed by atoms with Crippen LogP contribution in [0, 0.1) is 5.92 Å². The lowest BCUT2D eigenvalue weighted by Gasteiger charge is -2.22. The number of benzene rings is 1. The van der Waals surface area contributed by atoms with Crippen molar-refractivity contribution < 1.29 is 9.53 Å². The number of carbonyl (C=O) groups is 1. The van der Waals surface area contributed by atoms with Crippen LogP contribution in [0.25, 0.3) is 0 Å². The molecule has 6 nitrogen and oxygen atoms in total. The topological polar surface area (TPSA) is 81.3 Å². The Hall–Kier alpha value is -2.63. The number of nitrogen functional groups attached to an aromatic ring is 1. The van der Waals surface area contributed by atoms with E-state index < -0.39 is 0 Å². The highest BCUT2D eigenvalue weighted by Crippen LogP contribution is 2.29. The fraction of sp³-hybridized carbons (Fsp3) is 0.389. The minimum atomic E-state index is -0.232. The smallest absolute Gasteiger partial charge is 0.267 e. The van der Waals surface area contributed by atoms with Gasteiger partial charge in [-0.2, -0.15) is 0 Å². The molecule has 1 aliphatic rings. The van der Waals surface area contributed by atoms with Crippen LogP contribution < -0.4 is 15.4 Å². The molecular weight excluding hydrogens is 304 g/mol. The summed E-state index contributed by atoms with van der Waals surface area (Å²) in [5, 5.41) is 0. The molecule has 0 aliphatic carbocycles. The monoisotopic (exact) mass is 326 g/mol. The molecule has 2 N–H and O–H groups in total. The predicted octanol–water partition coefficient (Wildman–Crippen LogP) is 2.69. The molecular formula is C18H22N4O2. The quantitative estimate of drug-likeness (QED) is 0.938. The van der Waals surface area contributed by atoms with Crippen LogP contribution >= 0.6 is 0 Å². The highest BCUT2D eigenvalue weighted by molar-refractivity contribution is 6.10. The molecule has 1 aromatic carbocycles. The van der Waals surface area contributed by atoms with E-state index in [4.69, 9.17) is 10.5 Å². The van der Waals surface area contributed by atoms with Gasteiger partial charge in [-0.15, -0.1) is 0 Å². The fourth-order valence-electron chi connectivity index (χ4n) is 2.88. The molecule has 0 spiro atoms. The largest absolute Gasteiger partial charge is 0.472 e. The van der Waals surface area contributed by atoms with E-state index >= 15 is 0 Å². The van der Waals surface area contributed by atoms with E-state index in [-0.39, 0.29) is 29.3 Å². The van der Waals surface area contributed by atoms with Gasteiger partial charge in [-0.1, -0.05) is 26.0 Å². The highest BCUT2D eigenvalue weighted by Gasteiger charge is 2.31. The maximum absolute atomic E-state index is 13.0. The Kier molecular flexibility index (Phi) is 4.38. The maximum Gasteiger partial charge on any atom is 0.267 e. The molecule has 24 heavy (non-hydrogen) atoms. The lowest BCUT2D eigenvalue weighted by atomic mass is 10.0. The zero-order valence-corrected chi connectivity index (χ0v) is 14.2. The van der Waals surface area contributed by atoms with E-state index in [0.717, 1.165) is 12.1 Å². The van der Waals surface area contributed by atoms with Crippen molar-refractivity contribution >= 4 is 17.4 Å². The summed E-state index contributed by atoms with van der Waals surface area (Å²) in [5.41, 5.74) is 8.19. The normalized spacial score (nSPS) is 17.4. The second-order valence-electron chi connectivity index (χ2n) is 6.55. The number of rotatable bonds is 3. The molecule has 1 amide bonds. The van der Waals surface area contributed by atoms with Gasteiger partial charge in [-0.25, -0.2) is 9.97 Å². The van der Waals surface area contributed by atoms with Crippen LogP contribution in [0.4, 0.5) is 11.5 Å². The number of nitrogens with two attached hydrogens (primary N) is 1. The predicted molar refractivity (Wildman–Crippen MR) is 93.2 cm³/mol. The van der Waals surface area contributed by atoms with Crippen LogP contribution in [0.2, 0.25) is 0 Å². The number of hydrogen-bond acceptors (Lipinski definition) is 5. The standard InChI is InChI=1S/C18H22N4O2/c1-11(2)8-13-4-6-14(7-5-13)22-9-12(3)24-17-15(18(22)23)16(19)20-10-21-17/h4-7,10-12H,8-9H2,1-3H3,(H2,19,20,21)/t12-/m1/s1. The molecule has 0 unspecified atom stereocenters. The first-order chi connectivity index (χ1) is 11.5. The Morgan fingerprint density at radius 2 is 2.00 bits per heavy atom. The Balaban J connectivity index is 1.95. The zero-order chi connectivity index (χ0) is 17.3. The Labute approximate surface area is 141 Å². The van der Waals surface area contributed by atoms with Crippen molar-refractivity contribution in [1.29, 1.82) is 0 Å². The minimum Gasteiger partial charge on any atom is -0.472 e. The number of nitrogens with zero attached hydrogens (tertiary/aromatic N) is 3. The summed E-state index contributed by atoms with van der Waals surface area (Å²) in [5.74, 6) is 0.747. The van der Waals surface area contributed by atoms with Crippen LogP contribution in [-0.2, 0) is 6.42 Å². The molecule has 1 aliphatic heterocycles. The Morgan fingerprint density at radius 3 is 2.67 bits per heavy atom. The van der Waals surface area contributed by atoms with E-state index in [1.165, 1.54) is 11.9 Å². The third-order valence-electron chi connectivity index (χ3n) is 3.95. The molecule has 0 bridgehead atoms. The third kappa shape index (κ3) is 3.18. The summed E-state index contributed by atoms with van der Waals surface area (Å²) in [6.45, 7) is 6.70. The van der Waals surface area contributed by atoms with Crippen LogP contribution in [0.1, 0.15) is 36.7 Å². The zero-order valence-electron chi connectivity index (χ0n) is 14.2. The molecule has 0 fully saturated rings. The lowest BCUT2D eigenvalue weighted by molar-refractivity contribution is 0.0988. The average Bonchev–Trinajstić information content (AvgIpc) is 2.65. The van der Waals surface area contributed by atoms with Crippen molar-refractivity contribution in [3.8, 4) is 5.88 Å². The minimum absolute atomic E-state index is 0.139. The molecule has 3 rings (SSSR count). The number of amides is 1. The van der Waals surface area contributed by atoms with Crippen molar-refractivity contribution in [1.82, 2.24) is 9.97 Å². The number of aromatic nitrogens is 2. The first-order valence-corrected chi connectivity index (χ1v) is 8.13. The second kappa shape index (κ2) is 6.47. The van der Waals surface area contributed by atoms with E-state index in [9.17, 15) is 4.79 Å². The van der Waals surface area contributed by atoms with Crippen molar-refractivity contribution in [2.45, 2.75) is 33.3 Å². The Morgan fingerprint density at radius 1 is 1.29 bits per heavy atom. The lowest BCUT2D eigenvalue weighted by Crippen LogP contribution is -2.36. The average molecular weight is 326 g/mol. The molecule has 0 saturated heterocycles. The number of ether oxygens (including phenoxy) is 1. The summed E-state index contributed by atoms with van der Waals surface area (Å²) >= 11 is 0. The summed E-state index contributed by atoms with van der Waals surface area (Å²) in [6, 6.07) is 8.05. The van der Waals surface area contributed by atoms with E-state index in [1.54, 1.807) is 4.90 Å². The van der Waals surface area contributed by atoms with Gasteiger partial charge in [0.2, 0.25) is 5.88 Å².